The van der Waals surface area contributed by atoms with Gasteiger partial charge in [-0.15, -0.1) is 0 Å². The highest BCUT2D eigenvalue weighted by Crippen LogP contribution is 2.54. The van der Waals surface area contributed by atoms with Crippen LogP contribution in [0.2, 0.25) is 0 Å². The van der Waals surface area contributed by atoms with E-state index < -0.39 is 13.4 Å². The predicted molar refractivity (Wildman–Crippen MR) is 49.7 cm³/mol. The van der Waals surface area contributed by atoms with Crippen LogP contribution in [0.5, 0.6) is 0 Å². The van der Waals surface area contributed by atoms with Crippen LogP contribution < -0.4 is 0 Å². The molecule has 0 aliphatic carbocycles. The van der Waals surface area contributed by atoms with Crippen molar-refractivity contribution in [2.75, 3.05) is 40.5 Å². The molecule has 0 N–H and O–H groups in total. The van der Waals surface area contributed by atoms with Gasteiger partial charge in [0.2, 0.25) is 7.44 Å². The van der Waals surface area contributed by atoms with Crippen LogP contribution in [0.1, 0.15) is 0 Å². The van der Waals surface area contributed by atoms with E-state index >= 15 is 0 Å². The van der Waals surface area contributed by atoms with Gasteiger partial charge in [0.05, 0.1) is 7.11 Å². The molecule has 0 radical (unpaired) electrons. The molecule has 0 bridgehead atoms. The van der Waals surface area contributed by atoms with Gasteiger partial charge in [0, 0.05) is 13.1 Å². The maximum Gasteiger partial charge on any atom is 0.315 e. The zero-order chi connectivity index (χ0) is 10.1. The maximum absolute atomic E-state index is 12.2. The van der Waals surface area contributed by atoms with E-state index in [1.807, 2.05) is 0 Å². The molecular weight excluding hydrogens is 191 g/mol. The third-order valence-electron chi connectivity index (χ3n) is 2.38. The largest absolute Gasteiger partial charge is 0.469 e. The van der Waals surface area contributed by atoms with Crippen LogP contribution >= 0.6 is 7.44 Å². The van der Waals surface area contributed by atoms with Crippen molar-refractivity contribution in [3.05, 3.63) is 0 Å². The van der Waals surface area contributed by atoms with Crippen molar-refractivity contribution in [3.63, 3.8) is 0 Å². The molecule has 0 spiro atoms. The zero-order valence-corrected chi connectivity index (χ0v) is 9.08. The molecule has 5 nitrogen and oxygen atoms in total. The van der Waals surface area contributed by atoms with Gasteiger partial charge in [0.15, 0.2) is 0 Å². The molecule has 1 saturated heterocycles. The van der Waals surface area contributed by atoms with Gasteiger partial charge in [-0.1, -0.05) is 0 Å². The standard InChI is InChI=1S/C7H15N2O3P/c1-8-4-5-9(2)13(8,11)6-7(10)12-3/h4-6H2,1-3H3. The smallest absolute Gasteiger partial charge is 0.315 e. The highest BCUT2D eigenvalue weighted by Gasteiger charge is 2.40. The van der Waals surface area contributed by atoms with E-state index in [0.29, 0.717) is 0 Å². The van der Waals surface area contributed by atoms with Gasteiger partial charge in [-0.2, -0.15) is 0 Å². The number of ether oxygens (including phenoxy) is 1. The predicted octanol–water partition coefficient (Wildman–Crippen LogP) is 0.230. The lowest BCUT2D eigenvalue weighted by atomic mass is 10.6. The molecule has 1 heterocycles. The summed E-state index contributed by atoms with van der Waals surface area (Å²) in [5.74, 6) is -0.413. The van der Waals surface area contributed by atoms with Crippen molar-refractivity contribution in [2.45, 2.75) is 0 Å². The van der Waals surface area contributed by atoms with Gasteiger partial charge in [-0.3, -0.25) is 9.36 Å². The molecule has 13 heavy (non-hydrogen) atoms. The fourth-order valence-electron chi connectivity index (χ4n) is 1.34. The summed E-state index contributed by atoms with van der Waals surface area (Å²) in [5, 5.41) is 0. The second kappa shape index (κ2) is 3.78. The van der Waals surface area contributed by atoms with E-state index in [1.54, 1.807) is 23.4 Å². The molecule has 1 aliphatic heterocycles. The van der Waals surface area contributed by atoms with Crippen LogP contribution in [0.3, 0.4) is 0 Å². The summed E-state index contributed by atoms with van der Waals surface area (Å²) in [5.41, 5.74) is 0. The Morgan fingerprint density at radius 1 is 1.38 bits per heavy atom. The van der Waals surface area contributed by atoms with Gasteiger partial charge >= 0.3 is 5.97 Å². The molecule has 0 saturated carbocycles. The summed E-state index contributed by atoms with van der Waals surface area (Å²) in [4.78, 5) is 11.0. The number of likely N-dealkylation sites (N-methyl/N-ethyl adjacent to an activating group) is 2. The van der Waals surface area contributed by atoms with Crippen molar-refractivity contribution in [2.24, 2.45) is 0 Å². The Hall–Kier alpha value is -0.380. The molecule has 0 amide bonds. The van der Waals surface area contributed by atoms with Crippen LogP contribution in [0.4, 0.5) is 0 Å². The van der Waals surface area contributed by atoms with Crippen LogP contribution in [-0.2, 0) is 14.1 Å². The summed E-state index contributed by atoms with van der Waals surface area (Å²) in [6.07, 6.45) is -0.0174. The Labute approximate surface area is 78.1 Å². The van der Waals surface area contributed by atoms with Crippen LogP contribution in [0.15, 0.2) is 0 Å². The van der Waals surface area contributed by atoms with E-state index in [1.165, 1.54) is 7.11 Å². The quantitative estimate of drug-likeness (QED) is 0.478. The topological polar surface area (TPSA) is 49.9 Å². The Balaban J connectivity index is 2.74. The molecule has 76 valence electrons. The second-order valence-electron chi connectivity index (χ2n) is 3.16. The van der Waals surface area contributed by atoms with E-state index in [9.17, 15) is 9.36 Å². The Kier molecular flexibility index (Phi) is 3.11. The first kappa shape index (κ1) is 10.7. The van der Waals surface area contributed by atoms with Crippen LogP contribution in [0, 0.1) is 0 Å². The first-order valence-corrected chi connectivity index (χ1v) is 5.89. The lowest BCUT2D eigenvalue weighted by Crippen LogP contribution is -2.21. The average molecular weight is 206 g/mol. The Bertz CT molecular complexity index is 242. The fraction of sp³-hybridized carbons (Fsp3) is 0.857. The molecule has 1 aliphatic rings. The molecule has 0 atom stereocenters. The van der Waals surface area contributed by atoms with E-state index in [-0.39, 0.29) is 6.16 Å². The number of rotatable bonds is 2. The molecule has 6 heteroatoms. The zero-order valence-electron chi connectivity index (χ0n) is 8.19. The van der Waals surface area contributed by atoms with Crippen LogP contribution in [-0.4, -0.2) is 55.8 Å². The number of hydrogen-bond acceptors (Lipinski definition) is 3. The molecule has 1 rings (SSSR count). The van der Waals surface area contributed by atoms with Gasteiger partial charge in [-0.05, 0) is 14.1 Å². The molecule has 0 unspecified atom stereocenters. The monoisotopic (exact) mass is 206 g/mol. The summed E-state index contributed by atoms with van der Waals surface area (Å²) in [6, 6.07) is 0. The highest BCUT2D eigenvalue weighted by atomic mass is 31.2. The minimum Gasteiger partial charge on any atom is -0.469 e. The second-order valence-corrected chi connectivity index (χ2v) is 6.17. The Morgan fingerprint density at radius 3 is 2.23 bits per heavy atom. The van der Waals surface area contributed by atoms with E-state index in [0.717, 1.165) is 13.1 Å². The van der Waals surface area contributed by atoms with Gasteiger partial charge in [0.25, 0.3) is 0 Å². The number of carbonyl (C=O) groups is 1. The highest BCUT2D eigenvalue weighted by molar-refractivity contribution is 7.60. The minimum atomic E-state index is -2.63. The first-order valence-electron chi connectivity index (χ1n) is 4.10. The van der Waals surface area contributed by atoms with Gasteiger partial charge in [-0.25, -0.2) is 9.34 Å². The third kappa shape index (κ3) is 1.93. The van der Waals surface area contributed by atoms with Crippen molar-refractivity contribution in [1.29, 1.82) is 0 Å². The van der Waals surface area contributed by atoms with E-state index in [2.05, 4.69) is 4.74 Å². The van der Waals surface area contributed by atoms with Crippen LogP contribution in [0.25, 0.3) is 0 Å². The fourth-order valence-corrected chi connectivity index (χ4v) is 3.61. The van der Waals surface area contributed by atoms with Crippen molar-refractivity contribution < 1.29 is 14.1 Å². The third-order valence-corrected chi connectivity index (χ3v) is 5.58. The average Bonchev–Trinajstić information content (AvgIpc) is 2.33. The van der Waals surface area contributed by atoms with Gasteiger partial charge < -0.3 is 4.74 Å². The molecule has 1 fully saturated rings. The van der Waals surface area contributed by atoms with Crippen molar-refractivity contribution >= 4 is 13.4 Å². The number of methoxy groups -OCH3 is 1. The molecule has 0 aromatic rings. The number of nitrogens with zero attached hydrogens (tertiary/aromatic N) is 2. The Morgan fingerprint density at radius 2 is 1.85 bits per heavy atom. The van der Waals surface area contributed by atoms with Gasteiger partial charge in [0.1, 0.15) is 6.16 Å². The molecule has 0 aromatic carbocycles. The number of carbonyl (C=O) groups excluding carboxylic acids is 1. The number of esters is 1. The minimum absolute atomic E-state index is 0.0174. The summed E-state index contributed by atoms with van der Waals surface area (Å²) in [6.45, 7) is 1.48. The lowest BCUT2D eigenvalue weighted by molar-refractivity contribution is -0.137. The summed E-state index contributed by atoms with van der Waals surface area (Å²) < 4.78 is 20.2. The SMILES string of the molecule is COC(=O)CP1(=O)N(C)CCN1C. The summed E-state index contributed by atoms with van der Waals surface area (Å²) in [7, 11) is 2.22. The molecule has 0 aromatic heterocycles. The first-order chi connectivity index (χ1) is 6.00. The number of hydrogen-bond donors (Lipinski definition) is 0. The summed E-state index contributed by atoms with van der Waals surface area (Å²) >= 11 is 0. The van der Waals surface area contributed by atoms with Crippen molar-refractivity contribution in [1.82, 2.24) is 9.34 Å². The normalized spacial score (nSPS) is 23.3. The molecular formula is C7H15N2O3P. The van der Waals surface area contributed by atoms with Crippen molar-refractivity contribution in [3.8, 4) is 0 Å². The lowest BCUT2D eigenvalue weighted by Gasteiger charge is -2.23. The maximum atomic E-state index is 12.2. The van der Waals surface area contributed by atoms with E-state index in [4.69, 9.17) is 0 Å².